The molecular weight excluding hydrogens is 324 g/mol. The van der Waals surface area contributed by atoms with Crippen LogP contribution in [0.5, 0.6) is 5.75 Å². The number of rotatable bonds is 6. The Labute approximate surface area is 145 Å². The van der Waals surface area contributed by atoms with Gasteiger partial charge in [0, 0.05) is 29.4 Å². The zero-order chi connectivity index (χ0) is 16.8. The van der Waals surface area contributed by atoms with Gasteiger partial charge in [-0.2, -0.15) is 0 Å². The third-order valence-corrected chi connectivity index (χ3v) is 4.50. The molecule has 1 aromatic carbocycles. The smallest absolute Gasteiger partial charge is 0.248 e. The number of carbonyl (C=O) groups excluding carboxylic acids is 1. The van der Waals surface area contributed by atoms with Crippen LogP contribution in [0.25, 0.3) is 6.08 Å². The summed E-state index contributed by atoms with van der Waals surface area (Å²) in [6.07, 6.45) is 7.38. The lowest BCUT2D eigenvalue weighted by Crippen LogP contribution is -2.16. The molecule has 0 bridgehead atoms. The van der Waals surface area contributed by atoms with Gasteiger partial charge in [-0.15, -0.1) is 11.3 Å². The van der Waals surface area contributed by atoms with Crippen LogP contribution in [-0.2, 0) is 9.53 Å². The van der Waals surface area contributed by atoms with E-state index in [2.05, 4.69) is 10.3 Å². The van der Waals surface area contributed by atoms with Crippen LogP contribution < -0.4 is 10.1 Å². The van der Waals surface area contributed by atoms with Crippen molar-refractivity contribution in [2.24, 2.45) is 0 Å². The van der Waals surface area contributed by atoms with Gasteiger partial charge in [0.1, 0.15) is 12.4 Å². The molecule has 126 valence electrons. The van der Waals surface area contributed by atoms with Crippen molar-refractivity contribution in [1.29, 1.82) is 0 Å². The third kappa shape index (κ3) is 4.91. The summed E-state index contributed by atoms with van der Waals surface area (Å²) in [5.74, 6) is 0.605. The first-order valence-electron chi connectivity index (χ1n) is 7.95. The Morgan fingerprint density at radius 2 is 2.29 bits per heavy atom. The van der Waals surface area contributed by atoms with Gasteiger partial charge in [-0.1, -0.05) is 0 Å². The molecule has 0 spiro atoms. The van der Waals surface area contributed by atoms with Gasteiger partial charge in [0.15, 0.2) is 0 Å². The zero-order valence-electron chi connectivity index (χ0n) is 13.5. The van der Waals surface area contributed by atoms with Crippen LogP contribution in [0.3, 0.4) is 0 Å². The molecule has 1 amide bonds. The van der Waals surface area contributed by atoms with E-state index in [1.54, 1.807) is 23.6 Å². The van der Waals surface area contributed by atoms with Crippen molar-refractivity contribution < 1.29 is 14.3 Å². The minimum atomic E-state index is -0.172. The first-order valence-corrected chi connectivity index (χ1v) is 8.77. The number of anilines is 1. The Hall–Kier alpha value is -2.18. The Bertz CT molecular complexity index is 703. The fourth-order valence-electron chi connectivity index (χ4n) is 2.40. The Morgan fingerprint density at radius 1 is 1.46 bits per heavy atom. The number of carbonyl (C=O) groups is 1. The average Bonchev–Trinajstić information content (AvgIpc) is 3.24. The van der Waals surface area contributed by atoms with E-state index >= 15 is 0 Å². The van der Waals surface area contributed by atoms with Gasteiger partial charge in [-0.05, 0) is 50.1 Å². The van der Waals surface area contributed by atoms with Crippen LogP contribution in [0.15, 0.2) is 36.5 Å². The molecule has 1 saturated heterocycles. The third-order valence-electron chi connectivity index (χ3n) is 3.62. The minimum absolute atomic E-state index is 0.172. The van der Waals surface area contributed by atoms with Crippen molar-refractivity contribution in [3.63, 3.8) is 0 Å². The van der Waals surface area contributed by atoms with E-state index in [1.807, 2.05) is 31.2 Å². The van der Waals surface area contributed by atoms with Crippen molar-refractivity contribution in [2.75, 3.05) is 18.5 Å². The summed E-state index contributed by atoms with van der Waals surface area (Å²) in [6, 6.07) is 7.35. The second kappa shape index (κ2) is 8.08. The van der Waals surface area contributed by atoms with E-state index in [4.69, 9.17) is 9.47 Å². The molecule has 1 atom stereocenters. The van der Waals surface area contributed by atoms with E-state index in [-0.39, 0.29) is 12.0 Å². The van der Waals surface area contributed by atoms with Gasteiger partial charge in [0.05, 0.1) is 11.1 Å². The first-order chi connectivity index (χ1) is 11.7. The number of aryl methyl sites for hydroxylation is 1. The molecule has 1 aliphatic heterocycles. The SMILES string of the molecule is Cc1ncc(/C=C/C(=O)Nc2ccc(OC[C@H]3CCCO3)cc2)s1. The van der Waals surface area contributed by atoms with Crippen molar-refractivity contribution >= 4 is 29.0 Å². The summed E-state index contributed by atoms with van der Waals surface area (Å²) >= 11 is 1.55. The van der Waals surface area contributed by atoms with Crippen LogP contribution in [0.1, 0.15) is 22.7 Å². The predicted octanol–water partition coefficient (Wildman–Crippen LogP) is 3.66. The number of hydrogen-bond acceptors (Lipinski definition) is 5. The highest BCUT2D eigenvalue weighted by molar-refractivity contribution is 7.12. The molecule has 0 unspecified atom stereocenters. The lowest BCUT2D eigenvalue weighted by atomic mass is 10.2. The lowest BCUT2D eigenvalue weighted by Gasteiger charge is -2.11. The molecule has 3 rings (SSSR count). The molecule has 2 heterocycles. The standard InChI is InChI=1S/C18H20N2O3S/c1-13-19-11-17(24-13)8-9-18(21)20-14-4-6-15(7-5-14)23-12-16-3-2-10-22-16/h4-9,11,16H,2-3,10,12H2,1H3,(H,20,21)/b9-8+/t16-/m1/s1. The molecule has 1 aliphatic rings. The molecule has 1 N–H and O–H groups in total. The van der Waals surface area contributed by atoms with Crippen molar-refractivity contribution in [3.8, 4) is 5.75 Å². The second-order valence-electron chi connectivity index (χ2n) is 5.57. The topological polar surface area (TPSA) is 60.5 Å². The molecule has 0 aliphatic carbocycles. The number of nitrogens with zero attached hydrogens (tertiary/aromatic N) is 1. The van der Waals surface area contributed by atoms with Crippen molar-refractivity contribution in [3.05, 3.63) is 46.4 Å². The van der Waals surface area contributed by atoms with Gasteiger partial charge < -0.3 is 14.8 Å². The van der Waals surface area contributed by atoms with Gasteiger partial charge in [-0.25, -0.2) is 4.98 Å². The summed E-state index contributed by atoms with van der Waals surface area (Å²) < 4.78 is 11.2. The number of hydrogen-bond donors (Lipinski definition) is 1. The number of ether oxygens (including phenoxy) is 2. The highest BCUT2D eigenvalue weighted by Gasteiger charge is 2.15. The number of nitrogens with one attached hydrogen (secondary N) is 1. The van der Waals surface area contributed by atoms with Crippen molar-refractivity contribution in [1.82, 2.24) is 4.98 Å². The van der Waals surface area contributed by atoms with Crippen LogP contribution in [0.4, 0.5) is 5.69 Å². The van der Waals surface area contributed by atoms with Gasteiger partial charge in [0.25, 0.3) is 0 Å². The summed E-state index contributed by atoms with van der Waals surface area (Å²) in [7, 11) is 0. The second-order valence-corrected chi connectivity index (χ2v) is 6.84. The van der Waals surface area contributed by atoms with Gasteiger partial charge in [0.2, 0.25) is 5.91 Å². The monoisotopic (exact) mass is 344 g/mol. The Balaban J connectivity index is 1.48. The molecule has 0 radical (unpaired) electrons. The summed E-state index contributed by atoms with van der Waals surface area (Å²) in [5, 5.41) is 3.80. The summed E-state index contributed by atoms with van der Waals surface area (Å²) in [5.41, 5.74) is 0.731. The molecule has 1 fully saturated rings. The Kier molecular flexibility index (Phi) is 5.61. The van der Waals surface area contributed by atoms with E-state index in [0.717, 1.165) is 40.8 Å². The molecule has 6 heteroatoms. The summed E-state index contributed by atoms with van der Waals surface area (Å²) in [4.78, 5) is 17.0. The highest BCUT2D eigenvalue weighted by Crippen LogP contribution is 2.19. The van der Waals surface area contributed by atoms with Crippen LogP contribution in [0, 0.1) is 6.92 Å². The van der Waals surface area contributed by atoms with Gasteiger partial charge >= 0.3 is 0 Å². The van der Waals surface area contributed by atoms with Crippen molar-refractivity contribution in [2.45, 2.75) is 25.9 Å². The number of benzene rings is 1. The summed E-state index contributed by atoms with van der Waals surface area (Å²) in [6.45, 7) is 3.33. The quantitative estimate of drug-likeness (QED) is 0.813. The maximum atomic E-state index is 11.9. The largest absolute Gasteiger partial charge is 0.491 e. The molecule has 5 nitrogen and oxygen atoms in total. The van der Waals surface area contributed by atoms with E-state index in [0.29, 0.717) is 6.61 Å². The lowest BCUT2D eigenvalue weighted by molar-refractivity contribution is -0.111. The average molecular weight is 344 g/mol. The van der Waals surface area contributed by atoms with E-state index in [9.17, 15) is 4.79 Å². The van der Waals surface area contributed by atoms with Crippen LogP contribution >= 0.6 is 11.3 Å². The molecule has 24 heavy (non-hydrogen) atoms. The number of thiazole rings is 1. The highest BCUT2D eigenvalue weighted by atomic mass is 32.1. The fraction of sp³-hybridized carbons (Fsp3) is 0.333. The normalized spacial score (nSPS) is 17.3. The van der Waals surface area contributed by atoms with E-state index in [1.165, 1.54) is 6.08 Å². The fourth-order valence-corrected chi connectivity index (χ4v) is 3.08. The maximum Gasteiger partial charge on any atom is 0.248 e. The first kappa shape index (κ1) is 16.7. The predicted molar refractivity (Wildman–Crippen MR) is 95.4 cm³/mol. The molecule has 1 aromatic heterocycles. The van der Waals surface area contributed by atoms with Crippen LogP contribution in [-0.4, -0.2) is 30.2 Å². The zero-order valence-corrected chi connectivity index (χ0v) is 14.3. The number of aromatic nitrogens is 1. The Morgan fingerprint density at radius 3 is 2.96 bits per heavy atom. The van der Waals surface area contributed by atoms with E-state index < -0.39 is 0 Å². The molecule has 2 aromatic rings. The van der Waals surface area contributed by atoms with Gasteiger partial charge in [-0.3, -0.25) is 4.79 Å². The molecular formula is C18H20N2O3S. The van der Waals surface area contributed by atoms with Crippen LogP contribution in [0.2, 0.25) is 0 Å². The maximum absolute atomic E-state index is 11.9. The molecule has 0 saturated carbocycles. The minimum Gasteiger partial charge on any atom is -0.491 e. The number of amides is 1.